The minimum Gasteiger partial charge on any atom is -0.348 e. The normalized spacial score (nSPS) is 12.1. The molecule has 3 aromatic rings. The third kappa shape index (κ3) is 5.87. The van der Waals surface area contributed by atoms with Crippen LogP contribution in [0, 0.1) is 18.3 Å². The molecular weight excluding hydrogens is 448 g/mol. The van der Waals surface area contributed by atoms with Crippen molar-refractivity contribution < 1.29 is 8.42 Å². The molecule has 33 heavy (non-hydrogen) atoms. The Hall–Kier alpha value is -3.01. The summed E-state index contributed by atoms with van der Waals surface area (Å²) in [6.45, 7) is 6.15. The fraction of sp³-hybridized carbons (Fsp3) is 0.222. The average molecular weight is 477 g/mol. The molecule has 0 aliphatic heterocycles. The van der Waals surface area contributed by atoms with Crippen LogP contribution in [-0.4, -0.2) is 8.42 Å². The highest BCUT2D eigenvalue weighted by Crippen LogP contribution is 2.34. The van der Waals surface area contributed by atoms with Crippen molar-refractivity contribution in [2.45, 2.75) is 44.3 Å². The summed E-state index contributed by atoms with van der Waals surface area (Å²) in [7, 11) is -3.99. The van der Waals surface area contributed by atoms with Gasteiger partial charge in [0.2, 0.25) is 9.84 Å². The molecule has 0 heterocycles. The first kappa shape index (κ1) is 24.6. The first-order chi connectivity index (χ1) is 15.9. The first-order valence-corrected chi connectivity index (χ1v) is 13.4. The van der Waals surface area contributed by atoms with E-state index in [1.165, 1.54) is 23.9 Å². The van der Waals surface area contributed by atoms with Crippen molar-refractivity contribution in [3.05, 3.63) is 105 Å². The molecule has 0 bridgehead atoms. The fourth-order valence-electron chi connectivity index (χ4n) is 3.58. The number of nitrogens with one attached hydrogen (secondary N) is 1. The number of benzene rings is 3. The number of sulfone groups is 1. The van der Waals surface area contributed by atoms with Crippen LogP contribution in [0.5, 0.6) is 0 Å². The van der Waals surface area contributed by atoms with E-state index in [1.54, 1.807) is 18.2 Å². The number of para-hydroxylation sites is 1. The molecule has 0 aliphatic rings. The van der Waals surface area contributed by atoms with E-state index in [0.29, 0.717) is 10.8 Å². The lowest BCUT2D eigenvalue weighted by atomic mass is 10.0. The van der Waals surface area contributed by atoms with E-state index in [0.717, 1.165) is 40.8 Å². The Kier molecular flexibility index (Phi) is 8.37. The van der Waals surface area contributed by atoms with Gasteiger partial charge in [-0.15, -0.1) is 11.8 Å². The van der Waals surface area contributed by atoms with Gasteiger partial charge >= 0.3 is 0 Å². The van der Waals surface area contributed by atoms with Crippen molar-refractivity contribution in [3.63, 3.8) is 0 Å². The summed E-state index contributed by atoms with van der Waals surface area (Å²) in [5, 5.41) is 13.7. The zero-order valence-electron chi connectivity index (χ0n) is 19.1. The molecule has 0 unspecified atom stereocenters. The van der Waals surface area contributed by atoms with Gasteiger partial charge in [-0.2, -0.15) is 5.26 Å². The highest BCUT2D eigenvalue weighted by atomic mass is 32.2. The van der Waals surface area contributed by atoms with E-state index in [4.69, 9.17) is 0 Å². The minimum atomic E-state index is -3.99. The Labute approximate surface area is 201 Å². The van der Waals surface area contributed by atoms with Gasteiger partial charge in [-0.25, -0.2) is 8.42 Å². The van der Waals surface area contributed by atoms with Crippen LogP contribution < -0.4 is 5.32 Å². The molecule has 0 radical (unpaired) electrons. The smallest absolute Gasteiger partial charge is 0.219 e. The van der Waals surface area contributed by atoms with Gasteiger partial charge in [0.1, 0.15) is 11.1 Å². The van der Waals surface area contributed by atoms with Crippen molar-refractivity contribution in [1.29, 1.82) is 5.26 Å². The number of hydrogen-bond donors (Lipinski definition) is 1. The first-order valence-electron chi connectivity index (χ1n) is 10.9. The Bertz CT molecular complexity index is 1270. The molecule has 0 spiro atoms. The second-order valence-electron chi connectivity index (χ2n) is 7.65. The molecule has 0 aliphatic carbocycles. The highest BCUT2D eigenvalue weighted by molar-refractivity contribution is 8.04. The van der Waals surface area contributed by atoms with Crippen LogP contribution in [0.25, 0.3) is 0 Å². The van der Waals surface area contributed by atoms with Crippen molar-refractivity contribution >= 4 is 27.3 Å². The maximum atomic E-state index is 13.4. The quantitative estimate of drug-likeness (QED) is 0.351. The topological polar surface area (TPSA) is 70.0 Å². The minimum absolute atomic E-state index is 0.108. The summed E-state index contributed by atoms with van der Waals surface area (Å²) >= 11 is 1.34. The van der Waals surface area contributed by atoms with Gasteiger partial charge in [0.25, 0.3) is 0 Å². The second-order valence-corrected chi connectivity index (χ2v) is 10.5. The van der Waals surface area contributed by atoms with Gasteiger partial charge in [-0.1, -0.05) is 80.1 Å². The zero-order valence-corrected chi connectivity index (χ0v) is 20.8. The maximum absolute atomic E-state index is 13.4. The van der Waals surface area contributed by atoms with E-state index in [-0.39, 0.29) is 9.80 Å². The maximum Gasteiger partial charge on any atom is 0.219 e. The number of thioether (sulfide) groups is 1. The fourth-order valence-corrected chi connectivity index (χ4v) is 6.10. The van der Waals surface area contributed by atoms with Gasteiger partial charge in [-0.3, -0.25) is 0 Å². The Morgan fingerprint density at radius 3 is 2.15 bits per heavy atom. The van der Waals surface area contributed by atoms with Crippen molar-refractivity contribution in [3.8, 4) is 6.07 Å². The Morgan fingerprint density at radius 2 is 1.58 bits per heavy atom. The monoisotopic (exact) mass is 476 g/mol. The molecule has 0 saturated heterocycles. The van der Waals surface area contributed by atoms with Crippen LogP contribution in [0.2, 0.25) is 0 Å². The number of nitriles is 1. The molecule has 3 rings (SSSR count). The summed E-state index contributed by atoms with van der Waals surface area (Å²) in [5.74, 6) is 0.537. The third-order valence-corrected chi connectivity index (χ3v) is 8.26. The van der Waals surface area contributed by atoms with Crippen LogP contribution in [0.15, 0.2) is 87.6 Å². The molecule has 0 saturated carbocycles. The summed E-state index contributed by atoms with van der Waals surface area (Å²) in [6.07, 6.45) is 1.58. The molecular formula is C27H28N2O2S2. The predicted molar refractivity (Wildman–Crippen MR) is 138 cm³/mol. The highest BCUT2D eigenvalue weighted by Gasteiger charge is 2.26. The van der Waals surface area contributed by atoms with Gasteiger partial charge < -0.3 is 5.32 Å². The van der Waals surface area contributed by atoms with Crippen molar-refractivity contribution in [2.75, 3.05) is 5.32 Å². The summed E-state index contributed by atoms with van der Waals surface area (Å²) < 4.78 is 26.9. The van der Waals surface area contributed by atoms with E-state index in [2.05, 4.69) is 25.2 Å². The molecule has 4 nitrogen and oxygen atoms in total. The molecule has 6 heteroatoms. The van der Waals surface area contributed by atoms with E-state index >= 15 is 0 Å². The molecule has 0 atom stereocenters. The van der Waals surface area contributed by atoms with E-state index < -0.39 is 9.84 Å². The summed E-state index contributed by atoms with van der Waals surface area (Å²) in [5.41, 5.74) is 5.24. The predicted octanol–water partition coefficient (Wildman–Crippen LogP) is 6.63. The zero-order chi connectivity index (χ0) is 23.8. The molecule has 170 valence electrons. The largest absolute Gasteiger partial charge is 0.348 e. The summed E-state index contributed by atoms with van der Waals surface area (Å²) in [6, 6.07) is 24.3. The Morgan fingerprint density at radius 1 is 0.939 bits per heavy atom. The van der Waals surface area contributed by atoms with E-state index in [9.17, 15) is 13.7 Å². The van der Waals surface area contributed by atoms with Crippen LogP contribution in [0.1, 0.15) is 36.1 Å². The summed E-state index contributed by atoms with van der Waals surface area (Å²) in [4.78, 5) is -0.157. The van der Waals surface area contributed by atoms with Gasteiger partial charge in [0.05, 0.1) is 4.90 Å². The van der Waals surface area contributed by atoms with Gasteiger partial charge in [0, 0.05) is 11.4 Å². The van der Waals surface area contributed by atoms with Crippen LogP contribution in [0.4, 0.5) is 5.69 Å². The molecule has 0 fully saturated rings. The number of aryl methyl sites for hydroxylation is 3. The molecule has 0 amide bonds. The van der Waals surface area contributed by atoms with Gasteiger partial charge in [0.15, 0.2) is 4.91 Å². The van der Waals surface area contributed by atoms with Crippen LogP contribution in [0.3, 0.4) is 0 Å². The van der Waals surface area contributed by atoms with Crippen LogP contribution >= 0.6 is 11.8 Å². The number of allylic oxidation sites excluding steroid dienone is 1. The molecule has 1 N–H and O–H groups in total. The third-order valence-electron chi connectivity index (χ3n) is 5.33. The average Bonchev–Trinajstić information content (AvgIpc) is 2.83. The van der Waals surface area contributed by atoms with Crippen molar-refractivity contribution in [1.82, 2.24) is 0 Å². The lowest BCUT2D eigenvalue weighted by Crippen LogP contribution is -2.12. The van der Waals surface area contributed by atoms with Crippen LogP contribution in [-0.2, 0) is 28.4 Å². The number of rotatable bonds is 9. The second kappa shape index (κ2) is 11.2. The lowest BCUT2D eigenvalue weighted by molar-refractivity contribution is 0.603. The lowest BCUT2D eigenvalue weighted by Gasteiger charge is -2.19. The number of anilines is 1. The SMILES string of the molecule is CCc1cccc(CC)c1N/C(SCc1cccc(C)c1)=C(/C#N)S(=O)(=O)c1ccccc1. The van der Waals surface area contributed by atoms with Crippen molar-refractivity contribution in [2.24, 2.45) is 0 Å². The Balaban J connectivity index is 2.13. The van der Waals surface area contributed by atoms with Gasteiger partial charge in [-0.05, 0) is 48.6 Å². The number of hydrogen-bond acceptors (Lipinski definition) is 5. The number of nitrogens with zero attached hydrogens (tertiary/aromatic N) is 1. The van der Waals surface area contributed by atoms with E-state index in [1.807, 2.05) is 49.4 Å². The molecule has 0 aromatic heterocycles. The molecule has 3 aromatic carbocycles. The standard InChI is InChI=1S/C27H28N2O2S2/c1-4-22-13-10-14-23(5-2)26(22)29-27(32-19-21-12-9-11-20(3)17-21)25(18-28)33(30,31)24-15-7-6-8-16-24/h6-17,29H,4-5,19H2,1-3H3/b27-25+.